The van der Waals surface area contributed by atoms with Crippen molar-refractivity contribution in [2.24, 2.45) is 0 Å². The molecule has 3 aromatic rings. The van der Waals surface area contributed by atoms with E-state index in [1.807, 2.05) is 0 Å². The first-order valence-corrected chi connectivity index (χ1v) is 6.36. The smallest absolute Gasteiger partial charge is 0.221 e. The number of aromatic nitrogens is 5. The van der Waals surface area contributed by atoms with Crippen molar-refractivity contribution in [3.8, 4) is 17.0 Å². The molecule has 0 spiro atoms. The van der Waals surface area contributed by atoms with Crippen LogP contribution in [-0.4, -0.2) is 32.3 Å². The number of halogens is 2. The lowest BCUT2D eigenvalue weighted by Gasteiger charge is -2.10. The van der Waals surface area contributed by atoms with Gasteiger partial charge in [-0.2, -0.15) is 0 Å². The fraction of sp³-hybridized carbons (Fsp3) is 0.143. The quantitative estimate of drug-likeness (QED) is 0.738. The summed E-state index contributed by atoms with van der Waals surface area (Å²) in [4.78, 5) is 4.19. The standard InChI is InChI=1S/C14H11F2N5O/c1-22-14-11(10-2-3-12(15)13(16)5-10)4-9(6-17-14)7-21-8-18-19-20-21/h2-6,8H,7H2,1H3. The van der Waals surface area contributed by atoms with Gasteiger partial charge in [0.25, 0.3) is 0 Å². The molecule has 0 radical (unpaired) electrons. The molecule has 0 aliphatic carbocycles. The number of ether oxygens (including phenoxy) is 1. The van der Waals surface area contributed by atoms with Gasteiger partial charge in [0, 0.05) is 11.8 Å². The zero-order valence-electron chi connectivity index (χ0n) is 11.6. The minimum Gasteiger partial charge on any atom is -0.481 e. The molecule has 2 heterocycles. The molecule has 0 saturated carbocycles. The van der Waals surface area contributed by atoms with Crippen LogP contribution in [0.15, 0.2) is 36.8 Å². The van der Waals surface area contributed by atoms with E-state index in [2.05, 4.69) is 20.5 Å². The Hall–Kier alpha value is -2.90. The van der Waals surface area contributed by atoms with Crippen LogP contribution in [0.2, 0.25) is 0 Å². The van der Waals surface area contributed by atoms with Crippen LogP contribution in [0.25, 0.3) is 11.1 Å². The summed E-state index contributed by atoms with van der Waals surface area (Å²) in [6.45, 7) is 0.403. The number of benzene rings is 1. The molecule has 22 heavy (non-hydrogen) atoms. The first-order valence-electron chi connectivity index (χ1n) is 6.36. The monoisotopic (exact) mass is 303 g/mol. The number of hydrogen-bond acceptors (Lipinski definition) is 5. The maximum Gasteiger partial charge on any atom is 0.221 e. The highest BCUT2D eigenvalue weighted by Crippen LogP contribution is 2.30. The van der Waals surface area contributed by atoms with Gasteiger partial charge in [0.2, 0.25) is 5.88 Å². The average Bonchev–Trinajstić information content (AvgIpc) is 3.03. The predicted molar refractivity (Wildman–Crippen MR) is 73.1 cm³/mol. The molecule has 0 bridgehead atoms. The Balaban J connectivity index is 2.02. The summed E-state index contributed by atoms with van der Waals surface area (Å²) >= 11 is 0. The van der Waals surface area contributed by atoms with Crippen molar-refractivity contribution < 1.29 is 13.5 Å². The third-order valence-corrected chi connectivity index (χ3v) is 3.07. The van der Waals surface area contributed by atoms with Gasteiger partial charge in [-0.25, -0.2) is 18.4 Å². The number of tetrazole rings is 1. The zero-order valence-corrected chi connectivity index (χ0v) is 11.6. The summed E-state index contributed by atoms with van der Waals surface area (Å²) in [5.41, 5.74) is 1.83. The molecule has 0 saturated heterocycles. The molecule has 1 aromatic carbocycles. The largest absolute Gasteiger partial charge is 0.481 e. The Bertz CT molecular complexity index is 792. The van der Waals surface area contributed by atoms with E-state index < -0.39 is 11.6 Å². The van der Waals surface area contributed by atoms with Gasteiger partial charge in [-0.3, -0.25) is 0 Å². The second-order valence-corrected chi connectivity index (χ2v) is 4.54. The molecule has 2 aromatic heterocycles. The molecule has 0 aliphatic heterocycles. The Morgan fingerprint density at radius 2 is 2.05 bits per heavy atom. The van der Waals surface area contributed by atoms with Crippen LogP contribution in [0.1, 0.15) is 5.56 Å². The number of hydrogen-bond donors (Lipinski definition) is 0. The lowest BCUT2D eigenvalue weighted by molar-refractivity contribution is 0.399. The van der Waals surface area contributed by atoms with Gasteiger partial charge in [-0.05, 0) is 39.8 Å². The van der Waals surface area contributed by atoms with Crippen LogP contribution >= 0.6 is 0 Å². The van der Waals surface area contributed by atoms with Crippen molar-refractivity contribution in [3.63, 3.8) is 0 Å². The molecule has 0 N–H and O–H groups in total. The second-order valence-electron chi connectivity index (χ2n) is 4.54. The van der Waals surface area contributed by atoms with Gasteiger partial charge in [0.05, 0.1) is 13.7 Å². The molecule has 0 aliphatic rings. The molecule has 6 nitrogen and oxygen atoms in total. The molecule has 3 rings (SSSR count). The molecular weight excluding hydrogens is 292 g/mol. The van der Waals surface area contributed by atoms with Gasteiger partial charge in [-0.15, -0.1) is 5.10 Å². The molecule has 0 fully saturated rings. The van der Waals surface area contributed by atoms with Crippen molar-refractivity contribution in [1.29, 1.82) is 0 Å². The van der Waals surface area contributed by atoms with E-state index in [0.717, 1.165) is 17.7 Å². The minimum atomic E-state index is -0.926. The van der Waals surface area contributed by atoms with Gasteiger partial charge < -0.3 is 4.74 Å². The molecule has 0 atom stereocenters. The third-order valence-electron chi connectivity index (χ3n) is 3.07. The minimum absolute atomic E-state index is 0.325. The first kappa shape index (κ1) is 14.1. The number of pyridine rings is 1. The van der Waals surface area contributed by atoms with Crippen molar-refractivity contribution in [2.75, 3.05) is 7.11 Å². The van der Waals surface area contributed by atoms with E-state index in [1.54, 1.807) is 12.3 Å². The highest BCUT2D eigenvalue weighted by Gasteiger charge is 2.12. The van der Waals surface area contributed by atoms with E-state index in [-0.39, 0.29) is 0 Å². The lowest BCUT2D eigenvalue weighted by Crippen LogP contribution is -2.02. The molecule has 112 valence electrons. The van der Waals surface area contributed by atoms with Crippen molar-refractivity contribution in [2.45, 2.75) is 6.54 Å². The predicted octanol–water partition coefficient (Wildman–Crippen LogP) is 2.07. The summed E-state index contributed by atoms with van der Waals surface area (Å²) in [5, 5.41) is 10.9. The molecule has 0 unspecified atom stereocenters. The van der Waals surface area contributed by atoms with E-state index in [9.17, 15) is 8.78 Å². The highest BCUT2D eigenvalue weighted by atomic mass is 19.2. The zero-order chi connectivity index (χ0) is 15.5. The number of methoxy groups -OCH3 is 1. The maximum atomic E-state index is 13.4. The van der Waals surface area contributed by atoms with Gasteiger partial charge in [-0.1, -0.05) is 6.07 Å². The Morgan fingerprint density at radius 1 is 1.18 bits per heavy atom. The number of nitrogens with zero attached hydrogens (tertiary/aromatic N) is 5. The van der Waals surface area contributed by atoms with Crippen LogP contribution in [0.5, 0.6) is 5.88 Å². The first-order chi connectivity index (χ1) is 10.7. The van der Waals surface area contributed by atoms with Crippen molar-refractivity contribution in [3.05, 3.63) is 54.0 Å². The summed E-state index contributed by atoms with van der Waals surface area (Å²) in [5.74, 6) is -1.50. The second kappa shape index (κ2) is 5.84. The fourth-order valence-corrected chi connectivity index (χ4v) is 2.05. The van der Waals surface area contributed by atoms with Crippen LogP contribution in [-0.2, 0) is 6.54 Å². The van der Waals surface area contributed by atoms with E-state index >= 15 is 0 Å². The molecular formula is C14H11F2N5O. The summed E-state index contributed by atoms with van der Waals surface area (Å²) in [6, 6.07) is 5.42. The highest BCUT2D eigenvalue weighted by molar-refractivity contribution is 5.69. The van der Waals surface area contributed by atoms with Gasteiger partial charge in [0.15, 0.2) is 11.6 Å². The summed E-state index contributed by atoms with van der Waals surface area (Å²) < 4.78 is 33.2. The van der Waals surface area contributed by atoms with E-state index in [4.69, 9.17) is 4.74 Å². The topological polar surface area (TPSA) is 65.7 Å². The van der Waals surface area contributed by atoms with Crippen LogP contribution < -0.4 is 4.74 Å². The Morgan fingerprint density at radius 3 is 2.73 bits per heavy atom. The van der Waals surface area contributed by atoms with Crippen LogP contribution in [0.3, 0.4) is 0 Å². The van der Waals surface area contributed by atoms with Gasteiger partial charge >= 0.3 is 0 Å². The van der Waals surface area contributed by atoms with E-state index in [0.29, 0.717) is 23.6 Å². The normalized spacial score (nSPS) is 10.7. The van der Waals surface area contributed by atoms with Crippen LogP contribution in [0.4, 0.5) is 8.78 Å². The Labute approximate surface area is 124 Å². The summed E-state index contributed by atoms with van der Waals surface area (Å²) in [7, 11) is 1.47. The fourth-order valence-electron chi connectivity index (χ4n) is 2.05. The SMILES string of the molecule is COc1ncc(Cn2cnnn2)cc1-c1ccc(F)c(F)c1. The number of rotatable bonds is 4. The lowest BCUT2D eigenvalue weighted by atomic mass is 10.0. The maximum absolute atomic E-state index is 13.4. The third kappa shape index (κ3) is 2.76. The molecule has 0 amide bonds. The average molecular weight is 303 g/mol. The van der Waals surface area contributed by atoms with E-state index in [1.165, 1.54) is 24.2 Å². The Kier molecular flexibility index (Phi) is 3.73. The van der Waals surface area contributed by atoms with Crippen molar-refractivity contribution in [1.82, 2.24) is 25.2 Å². The summed E-state index contributed by atoms with van der Waals surface area (Å²) in [6.07, 6.45) is 3.09. The molecule has 8 heteroatoms. The van der Waals surface area contributed by atoms with Crippen LogP contribution in [0, 0.1) is 11.6 Å². The van der Waals surface area contributed by atoms with Gasteiger partial charge in [0.1, 0.15) is 6.33 Å². The van der Waals surface area contributed by atoms with Crippen molar-refractivity contribution >= 4 is 0 Å².